The molecule has 162 valence electrons. The Morgan fingerprint density at radius 3 is 2.59 bits per heavy atom. The van der Waals surface area contributed by atoms with Crippen molar-refractivity contribution in [3.63, 3.8) is 0 Å². The van der Waals surface area contributed by atoms with Crippen LogP contribution in [-0.2, 0) is 0 Å². The average molecular weight is 449 g/mol. The molecule has 0 fully saturated rings. The minimum Gasteiger partial charge on any atom is -0.494 e. The molecule has 32 heavy (non-hydrogen) atoms. The Morgan fingerprint density at radius 1 is 1.09 bits per heavy atom. The van der Waals surface area contributed by atoms with Gasteiger partial charge in [0, 0.05) is 24.1 Å². The van der Waals surface area contributed by atoms with Crippen LogP contribution in [0.15, 0.2) is 76.8 Å². The molecule has 2 aromatic carbocycles. The number of nitrogens with zero attached hydrogens (tertiary/aromatic N) is 4. The van der Waals surface area contributed by atoms with E-state index in [1.807, 2.05) is 37.3 Å². The van der Waals surface area contributed by atoms with Crippen molar-refractivity contribution in [2.75, 3.05) is 12.4 Å². The summed E-state index contributed by atoms with van der Waals surface area (Å²) >= 11 is 1.46. The number of thioether (sulfide) groups is 1. The van der Waals surface area contributed by atoms with Gasteiger partial charge in [0.05, 0.1) is 22.4 Å². The molecule has 0 radical (unpaired) electrons. The lowest BCUT2D eigenvalue weighted by Crippen LogP contribution is -2.22. The van der Waals surface area contributed by atoms with Crippen LogP contribution in [0.1, 0.15) is 12.0 Å². The number of benzene rings is 2. The van der Waals surface area contributed by atoms with E-state index in [1.165, 1.54) is 23.9 Å². The maximum atomic E-state index is 13.2. The number of para-hydroxylation sites is 1. The summed E-state index contributed by atoms with van der Waals surface area (Å²) in [7, 11) is 0. The summed E-state index contributed by atoms with van der Waals surface area (Å²) in [5, 5.41) is 11.8. The van der Waals surface area contributed by atoms with Gasteiger partial charge in [0.15, 0.2) is 5.16 Å². The summed E-state index contributed by atoms with van der Waals surface area (Å²) in [6, 6.07) is 17.0. The quantitative estimate of drug-likeness (QED) is 0.128. The first kappa shape index (κ1) is 21.5. The van der Waals surface area contributed by atoms with Crippen LogP contribution >= 0.6 is 11.8 Å². The number of fused-ring (bicyclic) bond motifs is 1. The zero-order valence-corrected chi connectivity index (χ0v) is 18.1. The molecule has 0 atom stereocenters. The third-order valence-corrected chi connectivity index (χ3v) is 5.73. The van der Waals surface area contributed by atoms with Crippen LogP contribution in [0.2, 0.25) is 0 Å². The third kappa shape index (κ3) is 4.78. The second-order valence-corrected chi connectivity index (χ2v) is 8.11. The number of aryl methyl sites for hydroxylation is 1. The average Bonchev–Trinajstić information content (AvgIpc) is 2.80. The van der Waals surface area contributed by atoms with E-state index in [-0.39, 0.29) is 11.2 Å². The van der Waals surface area contributed by atoms with Gasteiger partial charge in [-0.1, -0.05) is 30.0 Å². The number of pyridine rings is 1. The van der Waals surface area contributed by atoms with Gasteiger partial charge in [-0.05, 0) is 49.2 Å². The molecule has 4 aromatic rings. The number of hydrogen-bond acceptors (Lipinski definition) is 7. The lowest BCUT2D eigenvalue weighted by atomic mass is 10.2. The fourth-order valence-corrected chi connectivity index (χ4v) is 3.99. The minimum absolute atomic E-state index is 0.0259. The lowest BCUT2D eigenvalue weighted by Gasteiger charge is -2.12. The number of nitro benzene ring substituents is 1. The van der Waals surface area contributed by atoms with E-state index >= 15 is 0 Å². The smallest absolute Gasteiger partial charge is 0.269 e. The van der Waals surface area contributed by atoms with Gasteiger partial charge in [-0.25, -0.2) is 14.5 Å². The van der Waals surface area contributed by atoms with Gasteiger partial charge >= 0.3 is 0 Å². The normalized spacial score (nSPS) is 10.9. The maximum absolute atomic E-state index is 13.2. The summed E-state index contributed by atoms with van der Waals surface area (Å²) in [6.45, 7) is 2.38. The van der Waals surface area contributed by atoms with Gasteiger partial charge < -0.3 is 4.74 Å². The Labute approximate surface area is 188 Å². The molecule has 0 spiro atoms. The molecule has 0 amide bonds. The molecule has 0 unspecified atom stereocenters. The van der Waals surface area contributed by atoms with Gasteiger partial charge in [-0.3, -0.25) is 14.9 Å². The van der Waals surface area contributed by atoms with Crippen molar-refractivity contribution in [2.24, 2.45) is 0 Å². The monoisotopic (exact) mass is 448 g/mol. The zero-order valence-electron chi connectivity index (χ0n) is 17.3. The highest BCUT2D eigenvalue weighted by molar-refractivity contribution is 7.99. The molecule has 9 heteroatoms. The third-order valence-electron chi connectivity index (χ3n) is 4.71. The van der Waals surface area contributed by atoms with Crippen molar-refractivity contribution in [2.45, 2.75) is 18.5 Å². The summed E-state index contributed by atoms with van der Waals surface area (Å²) in [6.07, 6.45) is 2.43. The van der Waals surface area contributed by atoms with E-state index in [0.717, 1.165) is 5.56 Å². The maximum Gasteiger partial charge on any atom is 0.269 e. The van der Waals surface area contributed by atoms with Crippen molar-refractivity contribution < 1.29 is 9.66 Å². The first-order valence-electron chi connectivity index (χ1n) is 9.98. The fraction of sp³-hybridized carbons (Fsp3) is 0.174. The van der Waals surface area contributed by atoms with E-state index in [2.05, 4.69) is 4.98 Å². The molecule has 0 aliphatic heterocycles. The van der Waals surface area contributed by atoms with Crippen molar-refractivity contribution in [3.05, 3.63) is 92.9 Å². The van der Waals surface area contributed by atoms with Crippen LogP contribution in [0.25, 0.3) is 16.7 Å². The Morgan fingerprint density at radius 2 is 1.88 bits per heavy atom. The summed E-state index contributed by atoms with van der Waals surface area (Å²) in [5.41, 5.74) is 1.52. The molecule has 2 heterocycles. The van der Waals surface area contributed by atoms with Crippen molar-refractivity contribution in [1.29, 1.82) is 0 Å². The molecule has 2 aromatic heterocycles. The Balaban J connectivity index is 1.48. The number of ether oxygens (including phenoxy) is 1. The van der Waals surface area contributed by atoms with Crippen molar-refractivity contribution >= 4 is 28.4 Å². The first-order valence-corrected chi connectivity index (χ1v) is 11.0. The van der Waals surface area contributed by atoms with Crippen LogP contribution in [0.3, 0.4) is 0 Å². The highest BCUT2D eigenvalue weighted by atomic mass is 32.2. The number of hydrogen-bond donors (Lipinski definition) is 0. The molecule has 0 aliphatic rings. The van der Waals surface area contributed by atoms with Gasteiger partial charge in [0.1, 0.15) is 11.6 Å². The van der Waals surface area contributed by atoms with Gasteiger partial charge in [0.2, 0.25) is 0 Å². The molecule has 0 saturated heterocycles. The van der Waals surface area contributed by atoms with E-state index in [4.69, 9.17) is 9.72 Å². The number of rotatable bonds is 8. The fourth-order valence-electron chi connectivity index (χ4n) is 3.08. The molecule has 8 nitrogen and oxygen atoms in total. The number of aromatic nitrogens is 3. The highest BCUT2D eigenvalue weighted by Crippen LogP contribution is 2.22. The van der Waals surface area contributed by atoms with Gasteiger partial charge in [0.25, 0.3) is 11.2 Å². The van der Waals surface area contributed by atoms with E-state index in [0.29, 0.717) is 46.4 Å². The zero-order chi connectivity index (χ0) is 22.5. The number of non-ortho nitro benzene ring substituents is 1. The first-order chi connectivity index (χ1) is 15.5. The lowest BCUT2D eigenvalue weighted by molar-refractivity contribution is -0.384. The van der Waals surface area contributed by atoms with Crippen molar-refractivity contribution in [1.82, 2.24) is 14.5 Å². The van der Waals surface area contributed by atoms with Crippen LogP contribution < -0.4 is 10.3 Å². The van der Waals surface area contributed by atoms with Crippen LogP contribution in [0.4, 0.5) is 5.69 Å². The summed E-state index contributed by atoms with van der Waals surface area (Å²) in [4.78, 5) is 32.6. The molecule has 0 bridgehead atoms. The Kier molecular flexibility index (Phi) is 6.46. The van der Waals surface area contributed by atoms with Crippen LogP contribution in [0, 0.1) is 17.0 Å². The molecule has 4 rings (SSSR count). The highest BCUT2D eigenvalue weighted by Gasteiger charge is 2.14. The predicted molar refractivity (Wildman–Crippen MR) is 124 cm³/mol. The summed E-state index contributed by atoms with van der Waals surface area (Å²) < 4.78 is 7.21. The van der Waals surface area contributed by atoms with E-state index in [1.54, 1.807) is 29.0 Å². The van der Waals surface area contributed by atoms with Crippen LogP contribution in [0.5, 0.6) is 5.75 Å². The summed E-state index contributed by atoms with van der Waals surface area (Å²) in [5.74, 6) is 1.78. The van der Waals surface area contributed by atoms with Gasteiger partial charge in [-0.15, -0.1) is 0 Å². The Bertz CT molecular complexity index is 1300. The standard InChI is InChI=1S/C23H20N4O4S/c1-16-7-12-21(24-15-16)26-22(28)19-5-2-3-6-20(19)25-23(26)32-14-4-13-31-18-10-8-17(9-11-18)27(29)30/h2-3,5-12,15H,4,13-14H2,1H3. The van der Waals surface area contributed by atoms with Crippen molar-refractivity contribution in [3.8, 4) is 11.6 Å². The predicted octanol–water partition coefficient (Wildman–Crippen LogP) is 4.56. The number of nitro groups is 1. The minimum atomic E-state index is -0.445. The molecule has 0 saturated carbocycles. The van der Waals surface area contributed by atoms with E-state index in [9.17, 15) is 14.9 Å². The van der Waals surface area contributed by atoms with Gasteiger partial charge in [-0.2, -0.15) is 0 Å². The second-order valence-electron chi connectivity index (χ2n) is 7.05. The Hall–Kier alpha value is -3.72. The van der Waals surface area contributed by atoms with Crippen LogP contribution in [-0.4, -0.2) is 31.8 Å². The SMILES string of the molecule is Cc1ccc(-n2c(SCCCOc3ccc([N+](=O)[O-])cc3)nc3ccccc3c2=O)nc1. The topological polar surface area (TPSA) is 100 Å². The largest absolute Gasteiger partial charge is 0.494 e. The van der Waals surface area contributed by atoms with E-state index < -0.39 is 4.92 Å². The molecular formula is C23H20N4O4S. The molecule has 0 aliphatic carbocycles. The second kappa shape index (κ2) is 9.61. The molecular weight excluding hydrogens is 428 g/mol. The molecule has 0 N–H and O–H groups in total.